The Kier molecular flexibility index (Phi) is 3.57. The highest BCUT2D eigenvalue weighted by Gasteiger charge is 2.20. The number of aryl methyl sites for hydroxylation is 1. The van der Waals surface area contributed by atoms with Crippen LogP contribution < -0.4 is 9.47 Å². The van der Waals surface area contributed by atoms with Gasteiger partial charge in [-0.05, 0) is 34.5 Å². The molecule has 1 N–H and O–H groups in total. The van der Waals surface area contributed by atoms with Gasteiger partial charge in [0, 0.05) is 0 Å². The molecule has 1 aromatic carbocycles. The maximum atomic E-state index is 11.0. The summed E-state index contributed by atoms with van der Waals surface area (Å²) in [7, 11) is 2.92. The van der Waals surface area contributed by atoms with E-state index >= 15 is 0 Å². The largest absolute Gasteiger partial charge is 0.496 e. The van der Waals surface area contributed by atoms with E-state index in [1.54, 1.807) is 6.07 Å². The van der Waals surface area contributed by atoms with Crippen molar-refractivity contribution in [3.63, 3.8) is 0 Å². The third-order valence-electron chi connectivity index (χ3n) is 2.01. The summed E-state index contributed by atoms with van der Waals surface area (Å²) in [6, 6.07) is 1.63. The quantitative estimate of drug-likeness (QED) is 0.920. The van der Waals surface area contributed by atoms with E-state index < -0.39 is 5.97 Å². The molecule has 0 spiro atoms. The van der Waals surface area contributed by atoms with Gasteiger partial charge < -0.3 is 14.6 Å². The number of carboxylic acids is 1. The molecule has 0 fully saturated rings. The van der Waals surface area contributed by atoms with Gasteiger partial charge in [-0.25, -0.2) is 4.79 Å². The molecule has 0 saturated carbocycles. The molecule has 5 heteroatoms. The van der Waals surface area contributed by atoms with Crippen molar-refractivity contribution in [1.29, 1.82) is 0 Å². The Morgan fingerprint density at radius 2 is 2.00 bits per heavy atom. The van der Waals surface area contributed by atoms with Crippen molar-refractivity contribution < 1.29 is 19.4 Å². The second kappa shape index (κ2) is 4.53. The monoisotopic (exact) mass is 274 g/mol. The van der Waals surface area contributed by atoms with Crippen LogP contribution in [0.25, 0.3) is 0 Å². The SMILES string of the molecule is COc1cc(C)c(OC)c(Br)c1C(=O)O. The Morgan fingerprint density at radius 3 is 2.40 bits per heavy atom. The Morgan fingerprint density at radius 1 is 1.40 bits per heavy atom. The fraction of sp³-hybridized carbons (Fsp3) is 0.300. The van der Waals surface area contributed by atoms with Crippen molar-refractivity contribution in [1.82, 2.24) is 0 Å². The van der Waals surface area contributed by atoms with E-state index in [-0.39, 0.29) is 5.56 Å². The van der Waals surface area contributed by atoms with Gasteiger partial charge in [0.25, 0.3) is 0 Å². The lowest BCUT2D eigenvalue weighted by Crippen LogP contribution is -2.04. The lowest BCUT2D eigenvalue weighted by Gasteiger charge is -2.13. The summed E-state index contributed by atoms with van der Waals surface area (Å²) in [5.74, 6) is -0.238. The second-order valence-electron chi connectivity index (χ2n) is 2.92. The Balaban J connectivity index is 3.53. The summed E-state index contributed by atoms with van der Waals surface area (Å²) >= 11 is 3.20. The summed E-state index contributed by atoms with van der Waals surface area (Å²) in [6.45, 7) is 1.82. The normalized spacial score (nSPS) is 9.87. The number of rotatable bonds is 3. The zero-order valence-corrected chi connectivity index (χ0v) is 10.2. The summed E-state index contributed by atoms with van der Waals surface area (Å²) in [6.07, 6.45) is 0. The minimum Gasteiger partial charge on any atom is -0.496 e. The van der Waals surface area contributed by atoms with Gasteiger partial charge in [0.1, 0.15) is 17.1 Å². The van der Waals surface area contributed by atoms with Crippen LogP contribution in [0.2, 0.25) is 0 Å². The number of methoxy groups -OCH3 is 2. The van der Waals surface area contributed by atoms with Crippen molar-refractivity contribution in [2.75, 3.05) is 14.2 Å². The van der Waals surface area contributed by atoms with Crippen LogP contribution >= 0.6 is 15.9 Å². The smallest absolute Gasteiger partial charge is 0.340 e. The van der Waals surface area contributed by atoms with E-state index in [4.69, 9.17) is 14.6 Å². The third-order valence-corrected chi connectivity index (χ3v) is 2.77. The molecule has 0 unspecified atom stereocenters. The number of hydrogen-bond acceptors (Lipinski definition) is 3. The summed E-state index contributed by atoms with van der Waals surface area (Å²) in [5, 5.41) is 9.02. The molecule has 0 aromatic heterocycles. The minimum atomic E-state index is -1.06. The van der Waals surface area contributed by atoms with Crippen molar-refractivity contribution >= 4 is 21.9 Å². The minimum absolute atomic E-state index is 0.0694. The zero-order chi connectivity index (χ0) is 11.6. The van der Waals surface area contributed by atoms with Crippen molar-refractivity contribution in [3.05, 3.63) is 21.7 Å². The fourth-order valence-electron chi connectivity index (χ4n) is 1.34. The van der Waals surface area contributed by atoms with Crippen molar-refractivity contribution in [2.45, 2.75) is 6.92 Å². The number of halogens is 1. The second-order valence-corrected chi connectivity index (χ2v) is 3.72. The molecular formula is C10H11BrO4. The summed E-state index contributed by atoms with van der Waals surface area (Å²) < 4.78 is 10.5. The van der Waals surface area contributed by atoms with Crippen LogP contribution in [0.15, 0.2) is 10.5 Å². The van der Waals surface area contributed by atoms with Gasteiger partial charge >= 0.3 is 5.97 Å². The number of aromatic carboxylic acids is 1. The van der Waals surface area contributed by atoms with E-state index in [1.807, 2.05) is 6.92 Å². The van der Waals surface area contributed by atoms with Gasteiger partial charge in [-0.3, -0.25) is 0 Å². The Hall–Kier alpha value is -1.23. The van der Waals surface area contributed by atoms with Crippen LogP contribution in [0.3, 0.4) is 0 Å². The van der Waals surface area contributed by atoms with Gasteiger partial charge in [-0.2, -0.15) is 0 Å². The average Bonchev–Trinajstić information content (AvgIpc) is 2.16. The van der Waals surface area contributed by atoms with E-state index in [0.29, 0.717) is 16.0 Å². The molecule has 15 heavy (non-hydrogen) atoms. The van der Waals surface area contributed by atoms with Gasteiger partial charge in [-0.15, -0.1) is 0 Å². The standard InChI is InChI=1S/C10H11BrO4/c1-5-4-6(14-2)7(10(12)13)8(11)9(5)15-3/h4H,1-3H3,(H,12,13). The molecule has 0 amide bonds. The van der Waals surface area contributed by atoms with Gasteiger partial charge in [0.05, 0.1) is 18.7 Å². The predicted octanol–water partition coefficient (Wildman–Crippen LogP) is 2.47. The molecule has 82 valence electrons. The Labute approximate surface area is 95.9 Å². The number of carboxylic acid groups (broad SMARTS) is 1. The van der Waals surface area contributed by atoms with Crippen LogP contribution in [-0.2, 0) is 0 Å². The van der Waals surface area contributed by atoms with Crippen LogP contribution in [0, 0.1) is 6.92 Å². The third kappa shape index (κ3) is 2.07. The first-order valence-electron chi connectivity index (χ1n) is 4.17. The molecule has 0 bridgehead atoms. The highest BCUT2D eigenvalue weighted by molar-refractivity contribution is 9.10. The summed E-state index contributed by atoms with van der Waals surface area (Å²) in [4.78, 5) is 11.0. The maximum Gasteiger partial charge on any atom is 0.340 e. The molecule has 0 aliphatic carbocycles. The summed E-state index contributed by atoms with van der Waals surface area (Å²) in [5.41, 5.74) is 0.881. The van der Waals surface area contributed by atoms with Gasteiger partial charge in [-0.1, -0.05) is 0 Å². The first-order valence-corrected chi connectivity index (χ1v) is 4.96. The molecule has 1 rings (SSSR count). The lowest BCUT2D eigenvalue weighted by molar-refractivity contribution is 0.0691. The molecule has 0 saturated heterocycles. The molecule has 0 atom stereocenters. The number of benzene rings is 1. The number of carbonyl (C=O) groups is 1. The highest BCUT2D eigenvalue weighted by Crippen LogP contribution is 2.37. The molecule has 0 heterocycles. The number of hydrogen-bond donors (Lipinski definition) is 1. The maximum absolute atomic E-state index is 11.0. The van der Waals surface area contributed by atoms with E-state index in [2.05, 4.69) is 15.9 Å². The van der Waals surface area contributed by atoms with Gasteiger partial charge in [0.15, 0.2) is 0 Å². The van der Waals surface area contributed by atoms with E-state index in [9.17, 15) is 4.79 Å². The van der Waals surface area contributed by atoms with E-state index in [0.717, 1.165) is 5.56 Å². The first kappa shape index (κ1) is 11.8. The lowest BCUT2D eigenvalue weighted by atomic mass is 10.1. The van der Waals surface area contributed by atoms with Crippen LogP contribution in [0.5, 0.6) is 11.5 Å². The molecule has 1 aromatic rings. The van der Waals surface area contributed by atoms with Gasteiger partial charge in [0.2, 0.25) is 0 Å². The highest BCUT2D eigenvalue weighted by atomic mass is 79.9. The molecule has 0 radical (unpaired) electrons. The molecule has 4 nitrogen and oxygen atoms in total. The predicted molar refractivity (Wildman–Crippen MR) is 58.9 cm³/mol. The topological polar surface area (TPSA) is 55.8 Å². The van der Waals surface area contributed by atoms with Crippen molar-refractivity contribution in [3.8, 4) is 11.5 Å². The van der Waals surface area contributed by atoms with E-state index in [1.165, 1.54) is 14.2 Å². The zero-order valence-electron chi connectivity index (χ0n) is 8.63. The van der Waals surface area contributed by atoms with Crippen LogP contribution in [-0.4, -0.2) is 25.3 Å². The molecular weight excluding hydrogens is 264 g/mol. The van der Waals surface area contributed by atoms with Crippen LogP contribution in [0.1, 0.15) is 15.9 Å². The van der Waals surface area contributed by atoms with Crippen LogP contribution in [0.4, 0.5) is 0 Å². The van der Waals surface area contributed by atoms with Crippen molar-refractivity contribution in [2.24, 2.45) is 0 Å². The average molecular weight is 275 g/mol. The Bertz CT molecular complexity index is 401. The fourth-order valence-corrected chi connectivity index (χ4v) is 2.18. The molecule has 0 aliphatic heterocycles. The first-order chi connectivity index (χ1) is 7.02. The number of ether oxygens (including phenoxy) is 2. The molecule has 0 aliphatic rings.